The lowest BCUT2D eigenvalue weighted by atomic mass is 9.95. The Labute approximate surface area is 106 Å². The number of nitro benzene ring substituents is 1. The number of rotatable bonds is 4. The number of nitro groups is 1. The summed E-state index contributed by atoms with van der Waals surface area (Å²) in [7, 11) is 0. The Hall–Kier alpha value is -1.46. The third kappa shape index (κ3) is 3.51. The molecule has 98 valence electrons. The third-order valence-corrected chi connectivity index (χ3v) is 3.28. The van der Waals surface area contributed by atoms with Gasteiger partial charge in [-0.2, -0.15) is 0 Å². The zero-order valence-electron chi connectivity index (χ0n) is 10.1. The van der Waals surface area contributed by atoms with Crippen molar-refractivity contribution in [3.05, 3.63) is 39.9 Å². The van der Waals surface area contributed by atoms with Crippen molar-refractivity contribution in [1.29, 1.82) is 0 Å². The van der Waals surface area contributed by atoms with Crippen LogP contribution in [0.2, 0.25) is 0 Å². The quantitative estimate of drug-likeness (QED) is 0.658. The zero-order chi connectivity index (χ0) is 13.0. The summed E-state index contributed by atoms with van der Waals surface area (Å²) in [5.74, 6) is 0. The molecule has 2 rings (SSSR count). The van der Waals surface area contributed by atoms with Crippen LogP contribution in [0.15, 0.2) is 24.3 Å². The van der Waals surface area contributed by atoms with Crippen LogP contribution in [0.1, 0.15) is 31.2 Å². The van der Waals surface area contributed by atoms with E-state index in [2.05, 4.69) is 0 Å². The van der Waals surface area contributed by atoms with Crippen LogP contribution < -0.4 is 0 Å². The maximum Gasteiger partial charge on any atom is 0.269 e. The van der Waals surface area contributed by atoms with Crippen molar-refractivity contribution in [2.45, 2.75) is 44.5 Å². The summed E-state index contributed by atoms with van der Waals surface area (Å²) in [6.07, 6.45) is 3.38. The van der Waals surface area contributed by atoms with Gasteiger partial charge >= 0.3 is 0 Å². The molecule has 1 aliphatic rings. The van der Waals surface area contributed by atoms with Crippen LogP contribution in [0.5, 0.6) is 0 Å². The molecule has 1 saturated carbocycles. The van der Waals surface area contributed by atoms with Crippen LogP contribution in [0, 0.1) is 10.1 Å². The minimum absolute atomic E-state index is 0.0968. The topological polar surface area (TPSA) is 72.6 Å². The highest BCUT2D eigenvalue weighted by molar-refractivity contribution is 5.32. The number of ether oxygens (including phenoxy) is 1. The minimum atomic E-state index is -0.410. The van der Waals surface area contributed by atoms with Crippen LogP contribution in [0.3, 0.4) is 0 Å². The van der Waals surface area contributed by atoms with Gasteiger partial charge in [0.25, 0.3) is 5.69 Å². The van der Waals surface area contributed by atoms with E-state index in [-0.39, 0.29) is 17.9 Å². The molecular formula is C13H17NO4. The van der Waals surface area contributed by atoms with Crippen LogP contribution >= 0.6 is 0 Å². The standard InChI is InChI=1S/C13H17NO4/c15-12-5-7-13(8-6-12)18-9-10-1-3-11(4-2-10)14(16)17/h1-4,12-13,15H,5-9H2. The number of aliphatic hydroxyl groups excluding tert-OH is 1. The van der Waals surface area contributed by atoms with Gasteiger partial charge in [0, 0.05) is 12.1 Å². The maximum atomic E-state index is 10.5. The van der Waals surface area contributed by atoms with E-state index in [0.717, 1.165) is 31.2 Å². The summed E-state index contributed by atoms with van der Waals surface area (Å²) in [5.41, 5.74) is 1.03. The zero-order valence-corrected chi connectivity index (χ0v) is 10.1. The molecule has 0 aromatic heterocycles. The smallest absolute Gasteiger partial charge is 0.269 e. The number of non-ortho nitro benzene ring substituents is 1. The first-order valence-corrected chi connectivity index (χ1v) is 6.18. The lowest BCUT2D eigenvalue weighted by Crippen LogP contribution is -2.24. The Balaban J connectivity index is 1.81. The van der Waals surface area contributed by atoms with Gasteiger partial charge in [-0.15, -0.1) is 0 Å². The summed E-state index contributed by atoms with van der Waals surface area (Å²) >= 11 is 0. The molecule has 0 atom stereocenters. The van der Waals surface area contributed by atoms with Crippen molar-refractivity contribution in [2.24, 2.45) is 0 Å². The molecule has 0 bridgehead atoms. The van der Waals surface area contributed by atoms with Gasteiger partial charge < -0.3 is 9.84 Å². The molecule has 0 amide bonds. The van der Waals surface area contributed by atoms with Crippen LogP contribution in [-0.2, 0) is 11.3 Å². The summed E-state index contributed by atoms with van der Waals surface area (Å²) in [6.45, 7) is 0.471. The molecule has 18 heavy (non-hydrogen) atoms. The molecule has 0 aliphatic heterocycles. The van der Waals surface area contributed by atoms with Gasteiger partial charge in [-0.3, -0.25) is 10.1 Å². The number of benzene rings is 1. The monoisotopic (exact) mass is 251 g/mol. The van der Waals surface area contributed by atoms with Crippen molar-refractivity contribution >= 4 is 5.69 Å². The summed E-state index contributed by atoms with van der Waals surface area (Å²) in [5, 5.41) is 19.9. The van der Waals surface area contributed by atoms with Gasteiger partial charge in [-0.05, 0) is 43.4 Å². The largest absolute Gasteiger partial charge is 0.393 e. The number of aliphatic hydroxyl groups is 1. The molecule has 0 unspecified atom stereocenters. The lowest BCUT2D eigenvalue weighted by Gasteiger charge is -2.25. The molecular weight excluding hydrogens is 234 g/mol. The van der Waals surface area contributed by atoms with E-state index in [1.807, 2.05) is 0 Å². The Morgan fingerprint density at radius 3 is 2.39 bits per heavy atom. The van der Waals surface area contributed by atoms with E-state index in [0.29, 0.717) is 6.61 Å². The number of hydrogen-bond acceptors (Lipinski definition) is 4. The van der Waals surface area contributed by atoms with E-state index in [9.17, 15) is 15.2 Å². The molecule has 0 radical (unpaired) electrons. The molecule has 1 N–H and O–H groups in total. The predicted molar refractivity (Wildman–Crippen MR) is 66.1 cm³/mol. The third-order valence-electron chi connectivity index (χ3n) is 3.28. The molecule has 0 heterocycles. The van der Waals surface area contributed by atoms with E-state index in [4.69, 9.17) is 4.74 Å². The van der Waals surface area contributed by atoms with Gasteiger partial charge in [-0.1, -0.05) is 0 Å². The molecule has 5 heteroatoms. The SMILES string of the molecule is O=[N+]([O-])c1ccc(COC2CCC(O)CC2)cc1. The van der Waals surface area contributed by atoms with Gasteiger partial charge in [0.05, 0.1) is 23.7 Å². The normalized spacial score (nSPS) is 23.8. The average Bonchev–Trinajstić information content (AvgIpc) is 2.38. The number of hydrogen-bond donors (Lipinski definition) is 1. The second-order valence-corrected chi connectivity index (χ2v) is 4.67. The van der Waals surface area contributed by atoms with Gasteiger partial charge in [-0.25, -0.2) is 0 Å². The van der Waals surface area contributed by atoms with E-state index < -0.39 is 4.92 Å². The molecule has 0 spiro atoms. The van der Waals surface area contributed by atoms with Crippen LogP contribution in [0.4, 0.5) is 5.69 Å². The highest BCUT2D eigenvalue weighted by Gasteiger charge is 2.19. The predicted octanol–water partition coefficient (Wildman–Crippen LogP) is 2.41. The summed E-state index contributed by atoms with van der Waals surface area (Å²) < 4.78 is 5.74. The fourth-order valence-corrected chi connectivity index (χ4v) is 2.14. The number of nitrogens with zero attached hydrogens (tertiary/aromatic N) is 1. The maximum absolute atomic E-state index is 10.5. The van der Waals surface area contributed by atoms with Crippen molar-refractivity contribution in [3.8, 4) is 0 Å². The van der Waals surface area contributed by atoms with Crippen LogP contribution in [-0.4, -0.2) is 22.2 Å². The average molecular weight is 251 g/mol. The Morgan fingerprint density at radius 2 is 1.83 bits per heavy atom. The Kier molecular flexibility index (Phi) is 4.28. The van der Waals surface area contributed by atoms with E-state index in [1.54, 1.807) is 12.1 Å². The Morgan fingerprint density at radius 1 is 1.22 bits per heavy atom. The van der Waals surface area contributed by atoms with Crippen molar-refractivity contribution in [3.63, 3.8) is 0 Å². The molecule has 1 fully saturated rings. The molecule has 1 aromatic carbocycles. The summed E-state index contributed by atoms with van der Waals surface area (Å²) in [6, 6.07) is 6.41. The second-order valence-electron chi connectivity index (χ2n) is 4.67. The van der Waals surface area contributed by atoms with Crippen LogP contribution in [0.25, 0.3) is 0 Å². The second kappa shape index (κ2) is 5.93. The van der Waals surface area contributed by atoms with Crippen molar-refractivity contribution in [2.75, 3.05) is 0 Å². The lowest BCUT2D eigenvalue weighted by molar-refractivity contribution is -0.384. The molecule has 5 nitrogen and oxygen atoms in total. The van der Waals surface area contributed by atoms with Gasteiger partial charge in [0.2, 0.25) is 0 Å². The Bertz CT molecular complexity index is 396. The molecule has 1 aliphatic carbocycles. The van der Waals surface area contributed by atoms with E-state index in [1.165, 1.54) is 12.1 Å². The first kappa shape index (κ1) is 13.0. The first-order chi connectivity index (χ1) is 8.65. The van der Waals surface area contributed by atoms with Gasteiger partial charge in [0.15, 0.2) is 0 Å². The highest BCUT2D eigenvalue weighted by Crippen LogP contribution is 2.22. The van der Waals surface area contributed by atoms with Crippen molar-refractivity contribution in [1.82, 2.24) is 0 Å². The highest BCUT2D eigenvalue weighted by atomic mass is 16.6. The summed E-state index contributed by atoms with van der Waals surface area (Å²) in [4.78, 5) is 10.1. The molecule has 0 saturated heterocycles. The van der Waals surface area contributed by atoms with Crippen molar-refractivity contribution < 1.29 is 14.8 Å². The fraction of sp³-hybridized carbons (Fsp3) is 0.538. The van der Waals surface area contributed by atoms with E-state index >= 15 is 0 Å². The molecule has 1 aromatic rings. The fourth-order valence-electron chi connectivity index (χ4n) is 2.14. The van der Waals surface area contributed by atoms with Gasteiger partial charge in [0.1, 0.15) is 0 Å². The minimum Gasteiger partial charge on any atom is -0.393 e. The first-order valence-electron chi connectivity index (χ1n) is 6.18.